The van der Waals surface area contributed by atoms with E-state index in [0.29, 0.717) is 21.6 Å². The maximum atomic E-state index is 12.3. The Morgan fingerprint density at radius 1 is 1.45 bits per heavy atom. The minimum absolute atomic E-state index is 0.169. The van der Waals surface area contributed by atoms with Crippen LogP contribution in [-0.4, -0.2) is 30.3 Å². The third kappa shape index (κ3) is 3.41. The van der Waals surface area contributed by atoms with Gasteiger partial charge in [0.05, 0.1) is 11.1 Å². The molecule has 1 amide bonds. The summed E-state index contributed by atoms with van der Waals surface area (Å²) in [5, 5.41) is 7.35. The first-order valence-corrected chi connectivity index (χ1v) is 8.63. The van der Waals surface area contributed by atoms with E-state index in [2.05, 4.69) is 10.6 Å². The molecule has 0 saturated carbocycles. The molecule has 2 heterocycles. The van der Waals surface area contributed by atoms with Crippen LogP contribution >= 0.6 is 35.2 Å². The number of ether oxygens (including phenoxy) is 1. The number of hydrogen-bond donors (Lipinski definition) is 2. The summed E-state index contributed by atoms with van der Waals surface area (Å²) in [5.41, 5.74) is 0. The summed E-state index contributed by atoms with van der Waals surface area (Å²) >= 11 is 12.8. The van der Waals surface area contributed by atoms with Gasteiger partial charge >= 0.3 is 0 Å². The quantitative estimate of drug-likeness (QED) is 0.830. The molecule has 1 aromatic heterocycles. The van der Waals surface area contributed by atoms with Gasteiger partial charge in [0, 0.05) is 23.2 Å². The lowest BCUT2D eigenvalue weighted by molar-refractivity contribution is 0.0977. The van der Waals surface area contributed by atoms with Gasteiger partial charge in [0.25, 0.3) is 5.91 Å². The van der Waals surface area contributed by atoms with E-state index in [1.807, 2.05) is 24.3 Å². The highest BCUT2D eigenvalue weighted by atomic mass is 35.5. The van der Waals surface area contributed by atoms with E-state index >= 15 is 0 Å². The number of halogens is 1. The van der Waals surface area contributed by atoms with Gasteiger partial charge in [-0.1, -0.05) is 29.8 Å². The first-order valence-electron chi connectivity index (χ1n) is 7.03. The molecule has 2 N–H and O–H groups in total. The van der Waals surface area contributed by atoms with Crippen molar-refractivity contribution in [3.63, 3.8) is 0 Å². The number of carbonyl (C=O) groups excluding carboxylic acids is 1. The summed E-state index contributed by atoms with van der Waals surface area (Å²) in [6, 6.07) is 7.66. The fourth-order valence-electron chi connectivity index (χ4n) is 2.38. The highest BCUT2D eigenvalue weighted by Crippen LogP contribution is 2.34. The molecule has 0 unspecified atom stereocenters. The fourth-order valence-corrected chi connectivity index (χ4v) is 3.96. The van der Waals surface area contributed by atoms with Crippen LogP contribution in [0, 0.1) is 0 Å². The zero-order valence-corrected chi connectivity index (χ0v) is 14.1. The molecule has 22 heavy (non-hydrogen) atoms. The Kier molecular flexibility index (Phi) is 4.93. The van der Waals surface area contributed by atoms with E-state index in [9.17, 15) is 4.79 Å². The van der Waals surface area contributed by atoms with Crippen LogP contribution in [0.2, 0.25) is 5.02 Å². The van der Waals surface area contributed by atoms with Gasteiger partial charge in [0.15, 0.2) is 5.11 Å². The lowest BCUT2D eigenvalue weighted by Crippen LogP contribution is -2.42. The highest BCUT2D eigenvalue weighted by Gasteiger charge is 2.19. The molecule has 2 aromatic rings. The predicted octanol–water partition coefficient (Wildman–Crippen LogP) is 3.34. The lowest BCUT2D eigenvalue weighted by atomic mass is 10.2. The average Bonchev–Trinajstić information content (AvgIpc) is 3.14. The largest absolute Gasteiger partial charge is 0.376 e. The van der Waals surface area contributed by atoms with Gasteiger partial charge in [-0.3, -0.25) is 10.1 Å². The van der Waals surface area contributed by atoms with Crippen molar-refractivity contribution in [2.45, 2.75) is 18.9 Å². The SMILES string of the molecule is O=C(NC(=S)NC[C@@H]1CCCO1)c1sc2ccccc2c1Cl. The summed E-state index contributed by atoms with van der Waals surface area (Å²) in [6.07, 6.45) is 2.26. The zero-order valence-electron chi connectivity index (χ0n) is 11.7. The molecule has 1 fully saturated rings. The molecule has 1 aromatic carbocycles. The molecule has 7 heteroatoms. The lowest BCUT2D eigenvalue weighted by Gasteiger charge is -2.13. The van der Waals surface area contributed by atoms with Crippen LogP contribution in [0.4, 0.5) is 0 Å². The monoisotopic (exact) mass is 354 g/mol. The van der Waals surface area contributed by atoms with Crippen molar-refractivity contribution in [1.82, 2.24) is 10.6 Å². The molecule has 4 nitrogen and oxygen atoms in total. The molecule has 3 rings (SSSR count). The minimum atomic E-state index is -0.281. The van der Waals surface area contributed by atoms with Crippen LogP contribution in [0.3, 0.4) is 0 Å². The van der Waals surface area contributed by atoms with Gasteiger partial charge in [-0.2, -0.15) is 0 Å². The summed E-state index contributed by atoms with van der Waals surface area (Å²) in [7, 11) is 0. The van der Waals surface area contributed by atoms with Crippen LogP contribution in [0.1, 0.15) is 22.5 Å². The normalized spacial score (nSPS) is 17.6. The van der Waals surface area contributed by atoms with E-state index in [-0.39, 0.29) is 12.0 Å². The van der Waals surface area contributed by atoms with Crippen molar-refractivity contribution in [2.24, 2.45) is 0 Å². The second-order valence-electron chi connectivity index (χ2n) is 5.04. The van der Waals surface area contributed by atoms with Crippen LogP contribution in [0.15, 0.2) is 24.3 Å². The molecular formula is C15H15ClN2O2S2. The Bertz CT molecular complexity index is 711. The first kappa shape index (κ1) is 15.7. The Hall–Kier alpha value is -1.21. The topological polar surface area (TPSA) is 50.4 Å². The van der Waals surface area contributed by atoms with Gasteiger partial charge in [-0.05, 0) is 31.1 Å². The van der Waals surface area contributed by atoms with E-state index < -0.39 is 0 Å². The number of carbonyl (C=O) groups is 1. The van der Waals surface area contributed by atoms with Gasteiger partial charge in [-0.25, -0.2) is 0 Å². The van der Waals surface area contributed by atoms with Gasteiger partial charge in [-0.15, -0.1) is 11.3 Å². The number of benzene rings is 1. The number of hydrogen-bond acceptors (Lipinski definition) is 4. The van der Waals surface area contributed by atoms with E-state index in [0.717, 1.165) is 29.5 Å². The summed E-state index contributed by atoms with van der Waals surface area (Å²) < 4.78 is 6.48. The predicted molar refractivity (Wildman–Crippen MR) is 93.9 cm³/mol. The third-order valence-corrected chi connectivity index (χ3v) is 5.40. The summed E-state index contributed by atoms with van der Waals surface area (Å²) in [6.45, 7) is 1.40. The minimum Gasteiger partial charge on any atom is -0.376 e. The van der Waals surface area contributed by atoms with Gasteiger partial charge < -0.3 is 10.1 Å². The molecule has 1 atom stereocenters. The molecule has 1 aliphatic rings. The molecule has 0 aliphatic carbocycles. The fraction of sp³-hybridized carbons (Fsp3) is 0.333. The summed E-state index contributed by atoms with van der Waals surface area (Å²) in [4.78, 5) is 12.8. The van der Waals surface area contributed by atoms with Crippen molar-refractivity contribution in [3.05, 3.63) is 34.2 Å². The summed E-state index contributed by atoms with van der Waals surface area (Å²) in [5.74, 6) is -0.281. The zero-order chi connectivity index (χ0) is 15.5. The maximum Gasteiger partial charge on any atom is 0.269 e. The Morgan fingerprint density at radius 2 is 2.27 bits per heavy atom. The van der Waals surface area contributed by atoms with Crippen molar-refractivity contribution in [2.75, 3.05) is 13.2 Å². The Labute approximate surface area is 142 Å². The van der Waals surface area contributed by atoms with Crippen LogP contribution < -0.4 is 10.6 Å². The highest BCUT2D eigenvalue weighted by molar-refractivity contribution is 7.80. The van der Waals surface area contributed by atoms with Gasteiger partial charge in [0.1, 0.15) is 4.88 Å². The van der Waals surface area contributed by atoms with Crippen LogP contribution in [-0.2, 0) is 4.74 Å². The second kappa shape index (κ2) is 6.91. The number of nitrogens with one attached hydrogen (secondary N) is 2. The standard InChI is InChI=1S/C15H15ClN2O2S2/c16-12-10-5-1-2-6-11(10)22-13(12)14(19)18-15(21)17-8-9-4-3-7-20-9/h1-2,5-6,9H,3-4,7-8H2,(H2,17,18,19,21)/t9-/m0/s1. The molecule has 0 bridgehead atoms. The Balaban J connectivity index is 1.62. The van der Waals surface area contributed by atoms with Crippen LogP contribution in [0.25, 0.3) is 10.1 Å². The first-order chi connectivity index (χ1) is 10.6. The average molecular weight is 355 g/mol. The molecule has 1 saturated heterocycles. The number of rotatable bonds is 3. The molecule has 0 spiro atoms. The second-order valence-corrected chi connectivity index (χ2v) is 6.88. The Morgan fingerprint density at radius 3 is 3.00 bits per heavy atom. The smallest absolute Gasteiger partial charge is 0.269 e. The van der Waals surface area contributed by atoms with Crippen molar-refractivity contribution in [3.8, 4) is 0 Å². The molecular weight excluding hydrogens is 340 g/mol. The number of amides is 1. The van der Waals surface area contributed by atoms with Crippen LogP contribution in [0.5, 0.6) is 0 Å². The van der Waals surface area contributed by atoms with E-state index in [1.54, 1.807) is 0 Å². The maximum absolute atomic E-state index is 12.3. The molecule has 0 radical (unpaired) electrons. The van der Waals surface area contributed by atoms with Crippen molar-refractivity contribution >= 4 is 56.3 Å². The van der Waals surface area contributed by atoms with Crippen molar-refractivity contribution in [1.29, 1.82) is 0 Å². The van der Waals surface area contributed by atoms with Gasteiger partial charge in [0.2, 0.25) is 0 Å². The molecule has 116 valence electrons. The number of thiophene rings is 1. The molecule has 1 aliphatic heterocycles. The third-order valence-electron chi connectivity index (χ3n) is 3.48. The van der Waals surface area contributed by atoms with E-state index in [4.69, 9.17) is 28.6 Å². The van der Waals surface area contributed by atoms with E-state index in [1.165, 1.54) is 11.3 Å². The van der Waals surface area contributed by atoms with Crippen molar-refractivity contribution < 1.29 is 9.53 Å². The number of thiocarbonyl (C=S) groups is 1. The number of fused-ring (bicyclic) bond motifs is 1.